The summed E-state index contributed by atoms with van der Waals surface area (Å²) in [6.07, 6.45) is 2.48. The van der Waals surface area contributed by atoms with Crippen molar-refractivity contribution in [2.45, 2.75) is 25.8 Å². The van der Waals surface area contributed by atoms with Crippen LogP contribution in [0.3, 0.4) is 0 Å². The number of benzene rings is 1. The number of halogens is 1. The molecule has 1 unspecified atom stereocenters. The Kier molecular flexibility index (Phi) is 6.99. The van der Waals surface area contributed by atoms with E-state index in [2.05, 4.69) is 38.1 Å². The molecule has 1 heterocycles. The number of hydrogen-bond donors (Lipinski definition) is 2. The molecule has 1 aliphatic heterocycles. The maximum atomic E-state index is 5.90. The number of nitrogens with zero attached hydrogens (tertiary/aromatic N) is 2. The van der Waals surface area contributed by atoms with Crippen molar-refractivity contribution in [1.29, 1.82) is 0 Å². The third-order valence-corrected chi connectivity index (χ3v) is 4.34. The number of nitrogens with one attached hydrogen (secondary N) is 1. The molecule has 22 heavy (non-hydrogen) atoms. The minimum absolute atomic E-state index is 0.501. The second kappa shape index (κ2) is 9.00. The zero-order chi connectivity index (χ0) is 15.8. The highest BCUT2D eigenvalue weighted by molar-refractivity contribution is 9.10. The number of likely N-dealkylation sites (N-methyl/N-ethyl adjacent to an activating group) is 1. The van der Waals surface area contributed by atoms with Gasteiger partial charge in [-0.3, -0.25) is 9.89 Å². The van der Waals surface area contributed by atoms with Gasteiger partial charge in [0.05, 0.1) is 13.1 Å². The largest absolute Gasteiger partial charge is 0.492 e. The van der Waals surface area contributed by atoms with Crippen molar-refractivity contribution in [2.24, 2.45) is 10.7 Å². The Bertz CT molecular complexity index is 495. The van der Waals surface area contributed by atoms with E-state index in [0.717, 1.165) is 23.3 Å². The third kappa shape index (κ3) is 5.50. The molecule has 1 atom stereocenters. The number of nitrogens with two attached hydrogens (primary N) is 1. The standard InChI is InChI=1S/C16H25BrN4O/c1-2-21-9-4-6-14(21)12-20-16(18)19-8-10-22-15-7-3-5-13(17)11-15/h3,5,7,11,14H,2,4,6,8-10,12H2,1H3,(H3,18,19,20). The van der Waals surface area contributed by atoms with Crippen LogP contribution in [0.1, 0.15) is 19.8 Å². The van der Waals surface area contributed by atoms with E-state index in [0.29, 0.717) is 25.2 Å². The fourth-order valence-electron chi connectivity index (χ4n) is 2.68. The van der Waals surface area contributed by atoms with E-state index < -0.39 is 0 Å². The van der Waals surface area contributed by atoms with Gasteiger partial charge in [-0.25, -0.2) is 0 Å². The first-order valence-electron chi connectivity index (χ1n) is 7.85. The molecule has 1 fully saturated rings. The summed E-state index contributed by atoms with van der Waals surface area (Å²) < 4.78 is 6.65. The van der Waals surface area contributed by atoms with E-state index in [-0.39, 0.29) is 0 Å². The number of hydrogen-bond acceptors (Lipinski definition) is 3. The summed E-state index contributed by atoms with van der Waals surface area (Å²) in [6, 6.07) is 8.34. The Morgan fingerprint density at radius 3 is 3.18 bits per heavy atom. The quantitative estimate of drug-likeness (QED) is 0.440. The van der Waals surface area contributed by atoms with Crippen LogP contribution in [0.25, 0.3) is 0 Å². The van der Waals surface area contributed by atoms with Crippen molar-refractivity contribution in [1.82, 2.24) is 10.2 Å². The van der Waals surface area contributed by atoms with Crippen LogP contribution in [0.2, 0.25) is 0 Å². The molecule has 0 amide bonds. The summed E-state index contributed by atoms with van der Waals surface area (Å²) in [5, 5.41) is 3.10. The third-order valence-electron chi connectivity index (χ3n) is 3.85. The van der Waals surface area contributed by atoms with Crippen LogP contribution in [-0.4, -0.2) is 49.7 Å². The molecule has 0 aliphatic carbocycles. The van der Waals surface area contributed by atoms with Crippen molar-refractivity contribution >= 4 is 21.9 Å². The highest BCUT2D eigenvalue weighted by Gasteiger charge is 2.22. The molecule has 2 rings (SSSR count). The van der Waals surface area contributed by atoms with Gasteiger partial charge < -0.3 is 15.8 Å². The van der Waals surface area contributed by atoms with Crippen LogP contribution in [-0.2, 0) is 0 Å². The molecular formula is C16H25BrN4O. The van der Waals surface area contributed by atoms with Crippen molar-refractivity contribution < 1.29 is 4.74 Å². The van der Waals surface area contributed by atoms with E-state index >= 15 is 0 Å². The van der Waals surface area contributed by atoms with Gasteiger partial charge in [-0.05, 0) is 44.1 Å². The summed E-state index contributed by atoms with van der Waals surface area (Å²) in [4.78, 5) is 6.91. The average molecular weight is 369 g/mol. The van der Waals surface area contributed by atoms with Gasteiger partial charge in [0.2, 0.25) is 0 Å². The van der Waals surface area contributed by atoms with E-state index in [1.54, 1.807) is 0 Å². The molecule has 1 aromatic carbocycles. The number of aliphatic imine (C=N–C) groups is 1. The predicted molar refractivity (Wildman–Crippen MR) is 94.4 cm³/mol. The summed E-state index contributed by atoms with van der Waals surface area (Å²) >= 11 is 3.42. The van der Waals surface area contributed by atoms with Crippen LogP contribution in [0.5, 0.6) is 5.75 Å². The van der Waals surface area contributed by atoms with Gasteiger partial charge in [-0.2, -0.15) is 0 Å². The first-order valence-corrected chi connectivity index (χ1v) is 8.64. The van der Waals surface area contributed by atoms with Crippen LogP contribution in [0, 0.1) is 0 Å². The first kappa shape index (κ1) is 17.1. The molecule has 1 aromatic rings. The van der Waals surface area contributed by atoms with Gasteiger partial charge in [-0.15, -0.1) is 0 Å². The van der Waals surface area contributed by atoms with Crippen molar-refractivity contribution in [2.75, 3.05) is 32.8 Å². The summed E-state index contributed by atoms with van der Waals surface area (Å²) in [5.41, 5.74) is 5.90. The number of rotatable bonds is 7. The first-order chi connectivity index (χ1) is 10.7. The van der Waals surface area contributed by atoms with E-state index in [1.165, 1.54) is 19.4 Å². The van der Waals surface area contributed by atoms with Crippen LogP contribution >= 0.6 is 15.9 Å². The van der Waals surface area contributed by atoms with Gasteiger partial charge in [0.25, 0.3) is 0 Å². The maximum absolute atomic E-state index is 5.90. The molecule has 0 bridgehead atoms. The van der Waals surface area contributed by atoms with Gasteiger partial charge in [0.15, 0.2) is 5.96 Å². The SMILES string of the molecule is CCN1CCCC1CN=C(N)NCCOc1cccc(Br)c1. The predicted octanol–water partition coefficient (Wildman–Crippen LogP) is 2.22. The van der Waals surface area contributed by atoms with Crippen LogP contribution < -0.4 is 15.8 Å². The Balaban J connectivity index is 1.64. The second-order valence-electron chi connectivity index (χ2n) is 5.38. The lowest BCUT2D eigenvalue weighted by molar-refractivity contribution is 0.273. The van der Waals surface area contributed by atoms with Crippen molar-refractivity contribution in [3.63, 3.8) is 0 Å². The number of likely N-dealkylation sites (tertiary alicyclic amines) is 1. The van der Waals surface area contributed by atoms with Gasteiger partial charge in [0.1, 0.15) is 12.4 Å². The lowest BCUT2D eigenvalue weighted by atomic mass is 10.2. The maximum Gasteiger partial charge on any atom is 0.188 e. The van der Waals surface area contributed by atoms with Gasteiger partial charge in [-0.1, -0.05) is 28.9 Å². The highest BCUT2D eigenvalue weighted by atomic mass is 79.9. The molecule has 122 valence electrons. The van der Waals surface area contributed by atoms with Crippen LogP contribution in [0.15, 0.2) is 33.7 Å². The van der Waals surface area contributed by atoms with E-state index in [1.807, 2.05) is 24.3 Å². The molecule has 3 N–H and O–H groups in total. The monoisotopic (exact) mass is 368 g/mol. The molecular weight excluding hydrogens is 344 g/mol. The lowest BCUT2D eigenvalue weighted by Crippen LogP contribution is -2.37. The Morgan fingerprint density at radius 2 is 2.41 bits per heavy atom. The fraction of sp³-hybridized carbons (Fsp3) is 0.562. The highest BCUT2D eigenvalue weighted by Crippen LogP contribution is 2.17. The molecule has 6 heteroatoms. The molecule has 5 nitrogen and oxygen atoms in total. The Labute approximate surface area is 141 Å². The van der Waals surface area contributed by atoms with Gasteiger partial charge in [0, 0.05) is 10.5 Å². The fourth-order valence-corrected chi connectivity index (χ4v) is 3.06. The smallest absolute Gasteiger partial charge is 0.188 e. The van der Waals surface area contributed by atoms with E-state index in [4.69, 9.17) is 10.5 Å². The summed E-state index contributed by atoms with van der Waals surface area (Å²) in [6.45, 7) is 6.45. The molecule has 0 spiro atoms. The summed E-state index contributed by atoms with van der Waals surface area (Å²) in [5.74, 6) is 1.34. The molecule has 1 saturated heterocycles. The lowest BCUT2D eigenvalue weighted by Gasteiger charge is -2.20. The minimum atomic E-state index is 0.501. The Morgan fingerprint density at radius 1 is 1.55 bits per heavy atom. The zero-order valence-electron chi connectivity index (χ0n) is 13.1. The minimum Gasteiger partial charge on any atom is -0.492 e. The Hall–Kier alpha value is -1.27. The van der Waals surface area contributed by atoms with Crippen molar-refractivity contribution in [3.05, 3.63) is 28.7 Å². The topological polar surface area (TPSA) is 62.9 Å². The molecule has 1 aliphatic rings. The second-order valence-corrected chi connectivity index (χ2v) is 6.30. The normalized spacial score (nSPS) is 19.4. The molecule has 0 saturated carbocycles. The zero-order valence-corrected chi connectivity index (χ0v) is 14.7. The number of guanidine groups is 1. The van der Waals surface area contributed by atoms with Crippen LogP contribution in [0.4, 0.5) is 0 Å². The average Bonchev–Trinajstić information content (AvgIpc) is 2.97. The number of ether oxygens (including phenoxy) is 1. The molecule has 0 radical (unpaired) electrons. The van der Waals surface area contributed by atoms with Crippen molar-refractivity contribution in [3.8, 4) is 5.75 Å². The molecule has 0 aromatic heterocycles. The van der Waals surface area contributed by atoms with E-state index in [9.17, 15) is 0 Å². The van der Waals surface area contributed by atoms with Gasteiger partial charge >= 0.3 is 0 Å². The summed E-state index contributed by atoms with van der Waals surface area (Å²) in [7, 11) is 0.